The average molecular weight is 240 g/mol. The normalized spacial score (nSPS) is 14.5. The van der Waals surface area contributed by atoms with Crippen LogP contribution in [0.15, 0.2) is 30.9 Å². The summed E-state index contributed by atoms with van der Waals surface area (Å²) in [4.78, 5) is 0. The van der Waals surface area contributed by atoms with Crippen molar-refractivity contribution in [2.75, 3.05) is 6.54 Å². The number of hydrogen-bond donors (Lipinski definition) is 2. The quantitative estimate of drug-likeness (QED) is 0.775. The molecule has 0 bridgehead atoms. The fourth-order valence-electron chi connectivity index (χ4n) is 1.52. The van der Waals surface area contributed by atoms with Crippen LogP contribution in [0.1, 0.15) is 24.2 Å². The van der Waals surface area contributed by atoms with Gasteiger partial charge in [-0.3, -0.25) is 0 Å². The summed E-state index contributed by atoms with van der Waals surface area (Å²) in [7, 11) is 0. The van der Waals surface area contributed by atoms with E-state index in [2.05, 4.69) is 11.9 Å². The molecule has 0 heterocycles. The van der Waals surface area contributed by atoms with Crippen LogP contribution >= 0.6 is 11.6 Å². The van der Waals surface area contributed by atoms with Crippen LogP contribution in [0.5, 0.6) is 0 Å². The Morgan fingerprint density at radius 2 is 2.25 bits per heavy atom. The van der Waals surface area contributed by atoms with Gasteiger partial charge in [-0.1, -0.05) is 29.8 Å². The van der Waals surface area contributed by atoms with Crippen LogP contribution in [-0.4, -0.2) is 17.7 Å². The van der Waals surface area contributed by atoms with Gasteiger partial charge in [0.25, 0.3) is 0 Å². The molecule has 0 saturated carbocycles. The van der Waals surface area contributed by atoms with Crippen LogP contribution < -0.4 is 5.32 Å². The molecule has 1 aromatic carbocycles. The molecule has 0 aliphatic carbocycles. The molecule has 16 heavy (non-hydrogen) atoms. The smallest absolute Gasteiger partial charge is 0.0940 e. The van der Waals surface area contributed by atoms with E-state index in [9.17, 15) is 5.11 Å². The number of halogens is 1. The summed E-state index contributed by atoms with van der Waals surface area (Å²) in [6, 6.07) is 5.57. The van der Waals surface area contributed by atoms with Gasteiger partial charge in [-0.25, -0.2) is 0 Å². The molecule has 0 saturated heterocycles. The zero-order valence-corrected chi connectivity index (χ0v) is 10.5. The Hall–Kier alpha value is -0.830. The Morgan fingerprint density at radius 1 is 1.56 bits per heavy atom. The molecule has 1 aromatic rings. The topological polar surface area (TPSA) is 32.3 Å². The molecular weight excluding hydrogens is 222 g/mol. The maximum Gasteiger partial charge on any atom is 0.0940 e. The maximum absolute atomic E-state index is 10.1. The zero-order chi connectivity index (χ0) is 12.1. The highest BCUT2D eigenvalue weighted by Crippen LogP contribution is 2.22. The SMILES string of the molecule is C=CCNC(C)C(O)c1ccc(Cl)c(C)c1. The van der Waals surface area contributed by atoms with Gasteiger partial charge in [0, 0.05) is 17.6 Å². The van der Waals surface area contributed by atoms with Gasteiger partial charge in [0.15, 0.2) is 0 Å². The summed E-state index contributed by atoms with van der Waals surface area (Å²) in [6.45, 7) is 8.19. The molecule has 3 heteroatoms. The van der Waals surface area contributed by atoms with E-state index in [4.69, 9.17) is 11.6 Å². The highest BCUT2D eigenvalue weighted by Gasteiger charge is 2.15. The van der Waals surface area contributed by atoms with Gasteiger partial charge < -0.3 is 10.4 Å². The van der Waals surface area contributed by atoms with Gasteiger partial charge in [0.2, 0.25) is 0 Å². The minimum Gasteiger partial charge on any atom is -0.387 e. The molecule has 88 valence electrons. The van der Waals surface area contributed by atoms with E-state index < -0.39 is 6.10 Å². The standard InChI is InChI=1S/C13H18ClNO/c1-4-7-15-10(3)13(16)11-5-6-12(14)9(2)8-11/h4-6,8,10,13,15-16H,1,7H2,2-3H3. The lowest BCUT2D eigenvalue weighted by Crippen LogP contribution is -2.32. The fourth-order valence-corrected chi connectivity index (χ4v) is 1.64. The van der Waals surface area contributed by atoms with E-state index in [0.29, 0.717) is 6.54 Å². The highest BCUT2D eigenvalue weighted by atomic mass is 35.5. The molecule has 2 nitrogen and oxygen atoms in total. The van der Waals surface area contributed by atoms with Crippen LogP contribution in [0.3, 0.4) is 0 Å². The molecule has 2 unspecified atom stereocenters. The van der Waals surface area contributed by atoms with Gasteiger partial charge in [-0.15, -0.1) is 6.58 Å². The maximum atomic E-state index is 10.1. The summed E-state index contributed by atoms with van der Waals surface area (Å²) in [5.41, 5.74) is 1.86. The van der Waals surface area contributed by atoms with Crippen molar-refractivity contribution in [3.05, 3.63) is 47.0 Å². The first-order valence-corrected chi connectivity index (χ1v) is 5.72. The first kappa shape index (κ1) is 13.2. The van der Waals surface area contributed by atoms with Gasteiger partial charge >= 0.3 is 0 Å². The van der Waals surface area contributed by atoms with Crippen molar-refractivity contribution in [3.8, 4) is 0 Å². The Morgan fingerprint density at radius 3 is 2.81 bits per heavy atom. The van der Waals surface area contributed by atoms with Crippen molar-refractivity contribution < 1.29 is 5.11 Å². The first-order chi connectivity index (χ1) is 7.56. The number of nitrogens with one attached hydrogen (secondary N) is 1. The zero-order valence-electron chi connectivity index (χ0n) is 9.70. The minimum atomic E-state index is -0.532. The second-order valence-corrected chi connectivity index (χ2v) is 4.35. The predicted octanol–water partition coefficient (Wildman–Crippen LogP) is 2.85. The van der Waals surface area contributed by atoms with Crippen LogP contribution in [0.2, 0.25) is 5.02 Å². The monoisotopic (exact) mass is 239 g/mol. The van der Waals surface area contributed by atoms with Gasteiger partial charge in [-0.2, -0.15) is 0 Å². The summed E-state index contributed by atoms with van der Waals surface area (Å²) in [5.74, 6) is 0. The Balaban J connectivity index is 2.75. The lowest BCUT2D eigenvalue weighted by Gasteiger charge is -2.20. The van der Waals surface area contributed by atoms with Crippen LogP contribution in [0.25, 0.3) is 0 Å². The van der Waals surface area contributed by atoms with E-state index >= 15 is 0 Å². The summed E-state index contributed by atoms with van der Waals surface area (Å²) >= 11 is 5.94. The third-order valence-electron chi connectivity index (χ3n) is 2.58. The van der Waals surface area contributed by atoms with E-state index in [1.165, 1.54) is 0 Å². The number of aliphatic hydroxyl groups is 1. The molecule has 0 amide bonds. The average Bonchev–Trinajstić information content (AvgIpc) is 2.28. The lowest BCUT2D eigenvalue weighted by molar-refractivity contribution is 0.138. The fraction of sp³-hybridized carbons (Fsp3) is 0.385. The number of rotatable bonds is 5. The molecule has 0 aliphatic rings. The molecule has 1 rings (SSSR count). The van der Waals surface area contributed by atoms with Crippen LogP contribution in [0.4, 0.5) is 0 Å². The molecule has 0 fully saturated rings. The van der Waals surface area contributed by atoms with Crippen LogP contribution in [-0.2, 0) is 0 Å². The summed E-state index contributed by atoms with van der Waals surface area (Å²) in [6.07, 6.45) is 1.24. The summed E-state index contributed by atoms with van der Waals surface area (Å²) < 4.78 is 0. The number of aliphatic hydroxyl groups excluding tert-OH is 1. The van der Waals surface area contributed by atoms with Crippen molar-refractivity contribution in [1.29, 1.82) is 0 Å². The van der Waals surface area contributed by atoms with E-state index in [0.717, 1.165) is 16.1 Å². The molecule has 2 N–H and O–H groups in total. The molecule has 0 radical (unpaired) electrons. The van der Waals surface area contributed by atoms with Crippen molar-refractivity contribution in [2.24, 2.45) is 0 Å². The third kappa shape index (κ3) is 3.34. The Labute approximate surface area is 102 Å². The van der Waals surface area contributed by atoms with Crippen molar-refractivity contribution in [2.45, 2.75) is 26.0 Å². The third-order valence-corrected chi connectivity index (χ3v) is 3.01. The molecule has 2 atom stereocenters. The molecule has 0 aromatic heterocycles. The molecule has 0 spiro atoms. The number of aryl methyl sites for hydroxylation is 1. The first-order valence-electron chi connectivity index (χ1n) is 5.34. The van der Waals surface area contributed by atoms with Gasteiger partial charge in [0.05, 0.1) is 6.10 Å². The summed E-state index contributed by atoms with van der Waals surface area (Å²) in [5, 5.41) is 14.0. The Bertz CT molecular complexity index is 365. The number of hydrogen-bond acceptors (Lipinski definition) is 2. The van der Waals surface area contributed by atoms with Crippen molar-refractivity contribution in [3.63, 3.8) is 0 Å². The minimum absolute atomic E-state index is 0.0152. The van der Waals surface area contributed by atoms with Gasteiger partial charge in [0.1, 0.15) is 0 Å². The second-order valence-electron chi connectivity index (χ2n) is 3.94. The van der Waals surface area contributed by atoms with E-state index in [1.807, 2.05) is 32.0 Å². The lowest BCUT2D eigenvalue weighted by atomic mass is 10.0. The van der Waals surface area contributed by atoms with Crippen molar-refractivity contribution >= 4 is 11.6 Å². The van der Waals surface area contributed by atoms with Crippen molar-refractivity contribution in [1.82, 2.24) is 5.32 Å². The number of benzene rings is 1. The van der Waals surface area contributed by atoms with Crippen LogP contribution in [0, 0.1) is 6.92 Å². The van der Waals surface area contributed by atoms with E-state index in [1.54, 1.807) is 6.08 Å². The highest BCUT2D eigenvalue weighted by molar-refractivity contribution is 6.31. The molecule has 0 aliphatic heterocycles. The Kier molecular flexibility index (Phi) is 5.00. The largest absolute Gasteiger partial charge is 0.387 e. The van der Waals surface area contributed by atoms with Gasteiger partial charge in [-0.05, 0) is 31.0 Å². The molecular formula is C13H18ClNO. The second kappa shape index (κ2) is 6.04. The van der Waals surface area contributed by atoms with E-state index in [-0.39, 0.29) is 6.04 Å². The predicted molar refractivity (Wildman–Crippen MR) is 68.8 cm³/mol.